The fourth-order valence-corrected chi connectivity index (χ4v) is 7.75. The van der Waals surface area contributed by atoms with E-state index in [-0.39, 0.29) is 33.5 Å². The van der Waals surface area contributed by atoms with E-state index in [1.807, 2.05) is 12.1 Å². The van der Waals surface area contributed by atoms with Crippen LogP contribution in [0.15, 0.2) is 67.0 Å². The largest absolute Gasteiger partial charge is 0.353 e. The predicted molar refractivity (Wildman–Crippen MR) is 154 cm³/mol. The average molecular weight is 527 g/mol. The number of aromatic nitrogens is 2. The number of hydrogen-bond acceptors (Lipinski definition) is 7. The van der Waals surface area contributed by atoms with Gasteiger partial charge in [0.15, 0.2) is 0 Å². The molecule has 3 aliphatic rings. The Bertz CT molecular complexity index is 1290. The summed E-state index contributed by atoms with van der Waals surface area (Å²) in [6.45, 7) is 10.7. The van der Waals surface area contributed by atoms with E-state index in [9.17, 15) is 10.1 Å². The van der Waals surface area contributed by atoms with Crippen LogP contribution in [0.4, 0.5) is 17.3 Å². The number of anilines is 2. The van der Waals surface area contributed by atoms with Crippen LogP contribution < -0.4 is 9.80 Å². The molecule has 1 saturated carbocycles. The summed E-state index contributed by atoms with van der Waals surface area (Å²) < 4.78 is 0. The molecule has 0 N–H and O–H groups in total. The van der Waals surface area contributed by atoms with Crippen LogP contribution in [0.5, 0.6) is 0 Å². The highest BCUT2D eigenvalue weighted by Crippen LogP contribution is 2.54. The molecule has 3 fully saturated rings. The molecule has 1 aromatic heterocycles. The van der Waals surface area contributed by atoms with Crippen LogP contribution in [0.3, 0.4) is 0 Å². The summed E-state index contributed by atoms with van der Waals surface area (Å²) in [6, 6.07) is 21.6. The zero-order valence-corrected chi connectivity index (χ0v) is 23.2. The van der Waals surface area contributed by atoms with Crippen molar-refractivity contribution in [2.24, 2.45) is 10.8 Å². The average Bonchev–Trinajstić information content (AvgIpc) is 3.18. The van der Waals surface area contributed by atoms with E-state index in [1.54, 1.807) is 0 Å². The minimum Gasteiger partial charge on any atom is -0.348 e. The van der Waals surface area contributed by atoms with Crippen molar-refractivity contribution in [1.82, 2.24) is 14.9 Å². The Hall–Kier alpha value is -3.52. The molecule has 1 aliphatic carbocycles. The van der Waals surface area contributed by atoms with Crippen molar-refractivity contribution >= 4 is 17.3 Å². The van der Waals surface area contributed by atoms with Gasteiger partial charge < -0.3 is 9.80 Å². The molecule has 3 aromatic rings. The third kappa shape index (κ3) is 4.98. The van der Waals surface area contributed by atoms with Gasteiger partial charge in [-0.05, 0) is 41.2 Å². The standard InChI is InChI=1S/C31H38N6O2/c1-30(2)18-25-19-31(3,20-30)21-36(25)29-27(37(38)39)28(32-22-33-29)35-16-14-34(15-17-35)26(23-10-6-4-7-11-23)24-12-8-5-9-13-24/h4-13,22,25-26H,14-21H2,1-3H3. The Morgan fingerprint density at radius 2 is 1.46 bits per heavy atom. The molecule has 8 nitrogen and oxygen atoms in total. The van der Waals surface area contributed by atoms with Crippen molar-refractivity contribution in [3.05, 3.63) is 88.2 Å². The first-order chi connectivity index (χ1) is 18.7. The zero-order chi connectivity index (χ0) is 27.2. The molecular weight excluding hydrogens is 488 g/mol. The third-order valence-electron chi connectivity index (χ3n) is 8.86. The number of rotatable bonds is 6. The van der Waals surface area contributed by atoms with E-state index in [0.29, 0.717) is 24.7 Å². The summed E-state index contributed by atoms with van der Waals surface area (Å²) in [5.41, 5.74) is 2.94. The van der Waals surface area contributed by atoms with Gasteiger partial charge in [-0.1, -0.05) is 81.4 Å². The minimum absolute atomic E-state index is 0.0579. The van der Waals surface area contributed by atoms with Gasteiger partial charge in [0.25, 0.3) is 0 Å². The first-order valence-electron chi connectivity index (χ1n) is 14.1. The minimum atomic E-state index is -0.260. The van der Waals surface area contributed by atoms with Crippen LogP contribution in [-0.4, -0.2) is 58.6 Å². The van der Waals surface area contributed by atoms with E-state index in [1.165, 1.54) is 17.5 Å². The van der Waals surface area contributed by atoms with Gasteiger partial charge in [-0.3, -0.25) is 15.0 Å². The molecule has 2 aliphatic heterocycles. The van der Waals surface area contributed by atoms with E-state index >= 15 is 0 Å². The van der Waals surface area contributed by atoms with Gasteiger partial charge in [0.1, 0.15) is 6.33 Å². The lowest BCUT2D eigenvalue weighted by Crippen LogP contribution is -2.48. The van der Waals surface area contributed by atoms with Crippen LogP contribution in [-0.2, 0) is 0 Å². The van der Waals surface area contributed by atoms with E-state index in [4.69, 9.17) is 0 Å². The summed E-state index contributed by atoms with van der Waals surface area (Å²) in [7, 11) is 0. The molecule has 2 unspecified atom stereocenters. The fraction of sp³-hybridized carbons (Fsp3) is 0.484. The lowest BCUT2D eigenvalue weighted by Gasteiger charge is -2.40. The Balaban J connectivity index is 1.27. The van der Waals surface area contributed by atoms with Gasteiger partial charge in [0.05, 0.1) is 11.0 Å². The van der Waals surface area contributed by atoms with Gasteiger partial charge in [0.2, 0.25) is 11.6 Å². The van der Waals surface area contributed by atoms with Crippen molar-refractivity contribution in [2.45, 2.75) is 52.1 Å². The molecule has 0 radical (unpaired) electrons. The molecule has 3 heterocycles. The first kappa shape index (κ1) is 25.7. The van der Waals surface area contributed by atoms with Crippen LogP contribution in [0.2, 0.25) is 0 Å². The lowest BCUT2D eigenvalue weighted by molar-refractivity contribution is -0.383. The quantitative estimate of drug-likeness (QED) is 0.301. The van der Waals surface area contributed by atoms with E-state index in [2.05, 4.69) is 94.0 Å². The van der Waals surface area contributed by atoms with E-state index < -0.39 is 0 Å². The molecule has 2 atom stereocenters. The maximum atomic E-state index is 12.5. The number of nitro groups is 1. The molecule has 0 amide bonds. The van der Waals surface area contributed by atoms with Crippen molar-refractivity contribution in [3.63, 3.8) is 0 Å². The third-order valence-corrected chi connectivity index (χ3v) is 8.86. The van der Waals surface area contributed by atoms with Crippen LogP contribution >= 0.6 is 0 Å². The van der Waals surface area contributed by atoms with Crippen molar-refractivity contribution < 1.29 is 4.92 Å². The van der Waals surface area contributed by atoms with Crippen molar-refractivity contribution in [2.75, 3.05) is 42.5 Å². The zero-order valence-electron chi connectivity index (χ0n) is 23.2. The van der Waals surface area contributed by atoms with Crippen LogP contribution in [0.25, 0.3) is 0 Å². The molecule has 2 bridgehead atoms. The second-order valence-corrected chi connectivity index (χ2v) is 12.7. The maximum Gasteiger partial charge on any atom is 0.353 e. The topological polar surface area (TPSA) is 78.6 Å². The Labute approximate surface area is 230 Å². The van der Waals surface area contributed by atoms with Gasteiger partial charge in [-0.25, -0.2) is 9.97 Å². The fourth-order valence-electron chi connectivity index (χ4n) is 7.75. The van der Waals surface area contributed by atoms with E-state index in [0.717, 1.165) is 38.9 Å². The van der Waals surface area contributed by atoms with Gasteiger partial charge >= 0.3 is 5.69 Å². The summed E-state index contributed by atoms with van der Waals surface area (Å²) in [6.07, 6.45) is 4.74. The predicted octanol–water partition coefficient (Wildman–Crippen LogP) is 5.70. The van der Waals surface area contributed by atoms with Crippen LogP contribution in [0.1, 0.15) is 57.2 Å². The molecule has 2 saturated heterocycles. The van der Waals surface area contributed by atoms with Crippen molar-refractivity contribution in [1.29, 1.82) is 0 Å². The number of hydrogen-bond donors (Lipinski definition) is 0. The number of piperazine rings is 1. The monoisotopic (exact) mass is 526 g/mol. The highest BCUT2D eigenvalue weighted by Gasteiger charge is 2.51. The number of benzene rings is 2. The molecule has 6 rings (SSSR count). The highest BCUT2D eigenvalue weighted by atomic mass is 16.6. The lowest BCUT2D eigenvalue weighted by atomic mass is 9.65. The number of fused-ring (bicyclic) bond motifs is 2. The Kier molecular flexibility index (Phi) is 6.53. The molecule has 0 spiro atoms. The molecular formula is C31H38N6O2. The summed E-state index contributed by atoms with van der Waals surface area (Å²) in [4.78, 5) is 28.1. The van der Waals surface area contributed by atoms with Gasteiger partial charge in [-0.15, -0.1) is 0 Å². The summed E-state index contributed by atoms with van der Waals surface area (Å²) in [5, 5.41) is 12.5. The van der Waals surface area contributed by atoms with Crippen molar-refractivity contribution in [3.8, 4) is 0 Å². The molecule has 8 heteroatoms. The Morgan fingerprint density at radius 1 is 0.872 bits per heavy atom. The number of nitrogens with zero attached hydrogens (tertiary/aromatic N) is 6. The smallest absolute Gasteiger partial charge is 0.348 e. The van der Waals surface area contributed by atoms with Gasteiger partial charge in [-0.2, -0.15) is 0 Å². The molecule has 39 heavy (non-hydrogen) atoms. The highest BCUT2D eigenvalue weighted by molar-refractivity contribution is 5.72. The SMILES string of the molecule is CC1(C)CC2CC(C)(CN2c2ncnc(N3CCN(C(c4ccccc4)c4ccccc4)CC3)c2[N+](=O)[O-])C1. The molecule has 204 valence electrons. The maximum absolute atomic E-state index is 12.5. The summed E-state index contributed by atoms with van der Waals surface area (Å²) >= 11 is 0. The molecule has 2 aromatic carbocycles. The normalized spacial score (nSPS) is 24.8. The van der Waals surface area contributed by atoms with Crippen LogP contribution in [0, 0.1) is 20.9 Å². The summed E-state index contributed by atoms with van der Waals surface area (Å²) in [5.74, 6) is 0.941. The van der Waals surface area contributed by atoms with Gasteiger partial charge in [0, 0.05) is 38.8 Å². The first-order valence-corrected chi connectivity index (χ1v) is 14.1. The Morgan fingerprint density at radius 3 is 2.05 bits per heavy atom. The second kappa shape index (κ2) is 9.90. The second-order valence-electron chi connectivity index (χ2n) is 12.7.